The maximum atomic E-state index is 3.74. The molecule has 0 unspecified atom stereocenters. The highest BCUT2D eigenvalue weighted by Gasteiger charge is 2.06. The molecule has 84 valence electrons. The minimum Gasteiger partial charge on any atom is -0.147 e. The van der Waals surface area contributed by atoms with Crippen LogP contribution in [0.3, 0.4) is 0 Å². The summed E-state index contributed by atoms with van der Waals surface area (Å²) in [7, 11) is 0. The molecule has 2 nitrogen and oxygen atoms in total. The Morgan fingerprint density at radius 1 is 0.765 bits per heavy atom. The van der Waals surface area contributed by atoms with Gasteiger partial charge in [0.15, 0.2) is 24.8 Å². The average Bonchev–Trinajstić information content (AvgIpc) is 2.40. The van der Waals surface area contributed by atoms with Gasteiger partial charge in [0.1, 0.15) is 0 Å². The summed E-state index contributed by atoms with van der Waals surface area (Å²) in [4.78, 5) is 0. The van der Waals surface area contributed by atoms with Crippen molar-refractivity contribution in [3.05, 3.63) is 73.3 Å². The molecule has 17 heavy (non-hydrogen) atoms. The summed E-state index contributed by atoms with van der Waals surface area (Å²) < 4.78 is 4.22. The molecule has 2 aromatic heterocycles. The van der Waals surface area contributed by atoms with Gasteiger partial charge in [-0.25, -0.2) is 0 Å². The number of hydrogen-bond donors (Lipinski definition) is 0. The largest absolute Gasteiger partial charge is 0.343 e. The van der Waals surface area contributed by atoms with Crippen LogP contribution in [0.1, 0.15) is 11.1 Å². The van der Waals surface area contributed by atoms with Crippen LogP contribution in [0.25, 0.3) is 12.2 Å². The van der Waals surface area contributed by atoms with E-state index in [4.69, 9.17) is 0 Å². The molecule has 0 aromatic carbocycles. The Hall–Kier alpha value is -2.22. The molecule has 0 amide bonds. The Labute approximate surface area is 102 Å². The second kappa shape index (κ2) is 5.21. The summed E-state index contributed by atoms with van der Waals surface area (Å²) in [6.45, 7) is 8.28. The fraction of sp³-hybridized carbons (Fsp3) is 0.0667. The zero-order chi connectivity index (χ0) is 12.1. The first-order valence-corrected chi connectivity index (χ1v) is 5.55. The third-order valence-corrected chi connectivity index (χ3v) is 2.63. The fourth-order valence-electron chi connectivity index (χ4n) is 1.59. The standard InChI is InChI=1S/C15H16N2/c1-3-14-5-9-16(10-6-14)13-17-11-7-15(4-2)8-12-17/h3-12H,1-2,13H2/q+2. The van der Waals surface area contributed by atoms with Gasteiger partial charge in [-0.2, -0.15) is 0 Å². The third-order valence-electron chi connectivity index (χ3n) is 2.63. The molecule has 0 aliphatic carbocycles. The van der Waals surface area contributed by atoms with Crippen LogP contribution in [0, 0.1) is 0 Å². The van der Waals surface area contributed by atoms with Crippen molar-refractivity contribution in [1.82, 2.24) is 0 Å². The van der Waals surface area contributed by atoms with Gasteiger partial charge in [-0.1, -0.05) is 25.3 Å². The quantitative estimate of drug-likeness (QED) is 0.702. The van der Waals surface area contributed by atoms with Crippen molar-refractivity contribution in [2.75, 3.05) is 0 Å². The summed E-state index contributed by atoms with van der Waals surface area (Å²) in [5.41, 5.74) is 2.27. The van der Waals surface area contributed by atoms with Crippen LogP contribution < -0.4 is 9.13 Å². The van der Waals surface area contributed by atoms with E-state index in [-0.39, 0.29) is 0 Å². The molecule has 0 aliphatic heterocycles. The van der Waals surface area contributed by atoms with Crippen LogP contribution in [0.5, 0.6) is 0 Å². The molecule has 0 saturated heterocycles. The molecule has 2 heterocycles. The van der Waals surface area contributed by atoms with E-state index in [1.54, 1.807) is 0 Å². The van der Waals surface area contributed by atoms with Crippen LogP contribution in [0.4, 0.5) is 0 Å². The highest BCUT2D eigenvalue weighted by atomic mass is 15.1. The van der Waals surface area contributed by atoms with Gasteiger partial charge in [0.05, 0.1) is 0 Å². The minimum absolute atomic E-state index is 0.800. The van der Waals surface area contributed by atoms with Crippen LogP contribution >= 0.6 is 0 Å². The number of pyridine rings is 2. The molecule has 0 N–H and O–H groups in total. The zero-order valence-electron chi connectivity index (χ0n) is 9.79. The van der Waals surface area contributed by atoms with Crippen molar-refractivity contribution in [2.45, 2.75) is 6.67 Å². The van der Waals surface area contributed by atoms with Crippen molar-refractivity contribution < 1.29 is 9.13 Å². The molecule has 0 bridgehead atoms. The van der Waals surface area contributed by atoms with Crippen LogP contribution in [-0.2, 0) is 6.67 Å². The Morgan fingerprint density at radius 3 is 1.41 bits per heavy atom. The predicted molar refractivity (Wildman–Crippen MR) is 68.9 cm³/mol. The second-order valence-electron chi connectivity index (χ2n) is 3.84. The van der Waals surface area contributed by atoms with E-state index in [1.807, 2.05) is 61.2 Å². The molecular formula is C15H16N2+2. The normalized spacial score (nSPS) is 9.88. The van der Waals surface area contributed by atoms with Gasteiger partial charge >= 0.3 is 6.67 Å². The smallest absolute Gasteiger partial charge is 0.147 e. The van der Waals surface area contributed by atoms with E-state index >= 15 is 0 Å². The van der Waals surface area contributed by atoms with Gasteiger partial charge < -0.3 is 0 Å². The van der Waals surface area contributed by atoms with E-state index in [1.165, 1.54) is 0 Å². The molecule has 0 radical (unpaired) electrons. The van der Waals surface area contributed by atoms with Gasteiger partial charge in [0, 0.05) is 24.3 Å². The summed E-state index contributed by atoms with van der Waals surface area (Å²) >= 11 is 0. The topological polar surface area (TPSA) is 7.76 Å². The molecular weight excluding hydrogens is 208 g/mol. The first-order valence-electron chi connectivity index (χ1n) is 5.55. The van der Waals surface area contributed by atoms with Crippen molar-refractivity contribution in [3.8, 4) is 0 Å². The van der Waals surface area contributed by atoms with Crippen molar-refractivity contribution in [3.63, 3.8) is 0 Å². The number of rotatable bonds is 4. The number of aromatic nitrogens is 2. The minimum atomic E-state index is 0.800. The lowest BCUT2D eigenvalue weighted by atomic mass is 10.3. The maximum Gasteiger partial charge on any atom is 0.343 e. The third kappa shape index (κ3) is 2.88. The number of nitrogens with zero attached hydrogens (tertiary/aromatic N) is 2. The SMILES string of the molecule is C=Cc1cc[n+](C[n+]2ccc(C=C)cc2)cc1. The summed E-state index contributed by atoms with van der Waals surface area (Å²) in [5, 5.41) is 0. The molecule has 2 aromatic rings. The van der Waals surface area contributed by atoms with E-state index < -0.39 is 0 Å². The molecule has 0 spiro atoms. The van der Waals surface area contributed by atoms with Crippen LogP contribution in [0.15, 0.2) is 62.2 Å². The molecule has 0 saturated carbocycles. The van der Waals surface area contributed by atoms with E-state index in [0.717, 1.165) is 17.8 Å². The first kappa shape index (κ1) is 11.3. The van der Waals surface area contributed by atoms with Gasteiger partial charge in [-0.05, 0) is 11.1 Å². The van der Waals surface area contributed by atoms with Gasteiger partial charge in [0.25, 0.3) is 0 Å². The van der Waals surface area contributed by atoms with Gasteiger partial charge in [-0.3, -0.25) is 0 Å². The lowest BCUT2D eigenvalue weighted by Crippen LogP contribution is -2.50. The van der Waals surface area contributed by atoms with Gasteiger partial charge in [0.2, 0.25) is 0 Å². The monoisotopic (exact) mass is 224 g/mol. The summed E-state index contributed by atoms with van der Waals surface area (Å²) in [6, 6.07) is 8.19. The van der Waals surface area contributed by atoms with E-state index in [0.29, 0.717) is 0 Å². The van der Waals surface area contributed by atoms with Crippen LogP contribution in [-0.4, -0.2) is 0 Å². The maximum absolute atomic E-state index is 3.74. The molecule has 0 aliphatic rings. The summed E-state index contributed by atoms with van der Waals surface area (Å²) in [6.07, 6.45) is 11.9. The zero-order valence-corrected chi connectivity index (χ0v) is 9.79. The Morgan fingerprint density at radius 2 is 1.12 bits per heavy atom. The molecule has 2 heteroatoms. The van der Waals surface area contributed by atoms with Gasteiger partial charge in [-0.15, -0.1) is 9.13 Å². The molecule has 0 atom stereocenters. The van der Waals surface area contributed by atoms with Crippen molar-refractivity contribution in [1.29, 1.82) is 0 Å². The highest BCUT2D eigenvalue weighted by molar-refractivity contribution is 5.44. The molecule has 0 fully saturated rings. The lowest BCUT2D eigenvalue weighted by molar-refractivity contribution is -0.913. The summed E-state index contributed by atoms with van der Waals surface area (Å²) in [5.74, 6) is 0. The predicted octanol–water partition coefficient (Wildman–Crippen LogP) is 2.05. The van der Waals surface area contributed by atoms with Crippen LogP contribution in [0.2, 0.25) is 0 Å². The second-order valence-corrected chi connectivity index (χ2v) is 3.84. The molecule has 2 rings (SSSR count). The number of hydrogen-bond acceptors (Lipinski definition) is 0. The lowest BCUT2D eigenvalue weighted by Gasteiger charge is -1.95. The Bertz CT molecular complexity index is 460. The van der Waals surface area contributed by atoms with E-state index in [9.17, 15) is 0 Å². The first-order chi connectivity index (χ1) is 8.31. The fourth-order valence-corrected chi connectivity index (χ4v) is 1.59. The van der Waals surface area contributed by atoms with Crippen molar-refractivity contribution >= 4 is 12.2 Å². The van der Waals surface area contributed by atoms with Crippen molar-refractivity contribution in [2.24, 2.45) is 0 Å². The highest BCUT2D eigenvalue weighted by Crippen LogP contribution is 1.96. The Balaban J connectivity index is 2.13. The Kier molecular flexibility index (Phi) is 3.46. The average molecular weight is 224 g/mol. The van der Waals surface area contributed by atoms with E-state index in [2.05, 4.69) is 22.3 Å².